The van der Waals surface area contributed by atoms with Crippen LogP contribution in [-0.4, -0.2) is 25.6 Å². The number of nitriles is 1. The van der Waals surface area contributed by atoms with Crippen molar-refractivity contribution in [3.05, 3.63) is 29.3 Å². The van der Waals surface area contributed by atoms with E-state index in [1.807, 2.05) is 18.2 Å². The quantitative estimate of drug-likeness (QED) is 0.819. The predicted molar refractivity (Wildman–Crippen MR) is 73.5 cm³/mol. The highest BCUT2D eigenvalue weighted by Crippen LogP contribution is 2.21. The smallest absolute Gasteiger partial charge is 0.136 e. The minimum atomic E-state index is 0.283. The van der Waals surface area contributed by atoms with Gasteiger partial charge in [0, 0.05) is 13.1 Å². The fourth-order valence-electron chi connectivity index (χ4n) is 2.10. The summed E-state index contributed by atoms with van der Waals surface area (Å²) in [6, 6.07) is 7.87. The molecule has 0 unspecified atom stereocenters. The van der Waals surface area contributed by atoms with Gasteiger partial charge < -0.3 is 9.64 Å². The molecule has 1 aromatic rings. The molecule has 0 heterocycles. The van der Waals surface area contributed by atoms with E-state index in [1.165, 1.54) is 0 Å². The fourth-order valence-corrected chi connectivity index (χ4v) is 2.10. The third-order valence-electron chi connectivity index (χ3n) is 2.58. The summed E-state index contributed by atoms with van der Waals surface area (Å²) in [4.78, 5) is 2.28. The first-order valence-electron chi connectivity index (χ1n) is 6.11. The molecule has 3 heteroatoms. The Morgan fingerprint density at radius 3 is 2.50 bits per heavy atom. The fraction of sp³-hybridized carbons (Fsp3) is 0.533. The van der Waals surface area contributed by atoms with E-state index in [1.54, 1.807) is 7.11 Å². The molecule has 0 atom stereocenters. The molecule has 3 nitrogen and oxygen atoms in total. The third kappa shape index (κ3) is 4.38. The first kappa shape index (κ1) is 14.5. The zero-order valence-electron chi connectivity index (χ0n) is 11.9. The zero-order chi connectivity index (χ0) is 13.8. The SMILES string of the molecule is COc1cc(CN(C)CC(C)(C)C)ccc1C#N. The third-order valence-corrected chi connectivity index (χ3v) is 2.58. The van der Waals surface area contributed by atoms with Gasteiger partial charge in [0.2, 0.25) is 0 Å². The predicted octanol–water partition coefficient (Wildman–Crippen LogP) is 3.04. The van der Waals surface area contributed by atoms with Gasteiger partial charge in [0.15, 0.2) is 0 Å². The highest BCUT2D eigenvalue weighted by Gasteiger charge is 2.14. The molecule has 0 saturated heterocycles. The van der Waals surface area contributed by atoms with Gasteiger partial charge in [-0.3, -0.25) is 0 Å². The molecule has 0 spiro atoms. The number of ether oxygens (including phenoxy) is 1. The topological polar surface area (TPSA) is 36.3 Å². The summed E-state index contributed by atoms with van der Waals surface area (Å²) in [5.74, 6) is 0.652. The van der Waals surface area contributed by atoms with Crippen molar-refractivity contribution in [2.75, 3.05) is 20.7 Å². The summed E-state index contributed by atoms with van der Waals surface area (Å²) in [7, 11) is 3.70. The number of methoxy groups -OCH3 is 1. The Hall–Kier alpha value is -1.53. The summed E-state index contributed by atoms with van der Waals surface area (Å²) in [5.41, 5.74) is 2.03. The Balaban J connectivity index is 2.77. The van der Waals surface area contributed by atoms with Gasteiger partial charge in [-0.05, 0) is 30.2 Å². The van der Waals surface area contributed by atoms with E-state index >= 15 is 0 Å². The molecule has 0 aliphatic heterocycles. The maximum atomic E-state index is 8.93. The molecular formula is C15H22N2O. The van der Waals surface area contributed by atoms with Crippen molar-refractivity contribution in [2.24, 2.45) is 5.41 Å². The van der Waals surface area contributed by atoms with Gasteiger partial charge in [-0.2, -0.15) is 5.26 Å². The normalized spacial score (nSPS) is 11.4. The summed E-state index contributed by atoms with van der Waals surface area (Å²) < 4.78 is 5.22. The van der Waals surface area contributed by atoms with Crippen molar-refractivity contribution >= 4 is 0 Å². The summed E-state index contributed by atoms with van der Waals surface area (Å²) in [5, 5.41) is 8.93. The van der Waals surface area contributed by atoms with Crippen molar-refractivity contribution in [3.8, 4) is 11.8 Å². The maximum Gasteiger partial charge on any atom is 0.136 e. The molecule has 0 N–H and O–H groups in total. The Bertz CT molecular complexity index is 441. The number of rotatable bonds is 4. The van der Waals surface area contributed by atoms with Crippen molar-refractivity contribution in [1.82, 2.24) is 4.90 Å². The molecule has 0 aliphatic carbocycles. The van der Waals surface area contributed by atoms with Gasteiger partial charge in [0.25, 0.3) is 0 Å². The van der Waals surface area contributed by atoms with Crippen molar-refractivity contribution < 1.29 is 4.74 Å². The lowest BCUT2D eigenvalue weighted by Crippen LogP contribution is -2.28. The van der Waals surface area contributed by atoms with Crippen molar-refractivity contribution in [2.45, 2.75) is 27.3 Å². The van der Waals surface area contributed by atoms with Crippen molar-refractivity contribution in [1.29, 1.82) is 5.26 Å². The van der Waals surface area contributed by atoms with E-state index in [4.69, 9.17) is 10.00 Å². The Labute approximate surface area is 110 Å². The van der Waals surface area contributed by atoms with Gasteiger partial charge >= 0.3 is 0 Å². The highest BCUT2D eigenvalue weighted by atomic mass is 16.5. The molecule has 1 aromatic carbocycles. The first-order valence-corrected chi connectivity index (χ1v) is 6.11. The van der Waals surface area contributed by atoms with Crippen molar-refractivity contribution in [3.63, 3.8) is 0 Å². The average molecular weight is 246 g/mol. The lowest BCUT2D eigenvalue weighted by Gasteiger charge is -2.26. The van der Waals surface area contributed by atoms with Crippen LogP contribution in [0.1, 0.15) is 31.9 Å². The molecule has 98 valence electrons. The average Bonchev–Trinajstić information content (AvgIpc) is 2.26. The first-order chi connectivity index (χ1) is 8.35. The second-order valence-electron chi connectivity index (χ2n) is 5.88. The van der Waals surface area contributed by atoms with E-state index in [2.05, 4.69) is 38.8 Å². The number of hydrogen-bond acceptors (Lipinski definition) is 3. The molecule has 0 aliphatic rings. The Morgan fingerprint density at radius 2 is 2.00 bits per heavy atom. The molecule has 18 heavy (non-hydrogen) atoms. The van der Waals surface area contributed by atoms with E-state index in [0.29, 0.717) is 11.3 Å². The van der Waals surface area contributed by atoms with Crippen LogP contribution >= 0.6 is 0 Å². The van der Waals surface area contributed by atoms with E-state index in [-0.39, 0.29) is 5.41 Å². The van der Waals surface area contributed by atoms with Gasteiger partial charge in [0.1, 0.15) is 11.8 Å². The van der Waals surface area contributed by atoms with Crippen LogP contribution in [0.2, 0.25) is 0 Å². The summed E-state index contributed by atoms with van der Waals surface area (Å²) in [6.45, 7) is 8.56. The van der Waals surface area contributed by atoms with E-state index in [0.717, 1.165) is 18.7 Å². The largest absolute Gasteiger partial charge is 0.495 e. The van der Waals surface area contributed by atoms with Crippen LogP contribution in [0, 0.1) is 16.7 Å². The van der Waals surface area contributed by atoms with E-state index < -0.39 is 0 Å². The molecule has 0 aromatic heterocycles. The van der Waals surface area contributed by atoms with Crippen LogP contribution in [0.15, 0.2) is 18.2 Å². The maximum absolute atomic E-state index is 8.93. The van der Waals surface area contributed by atoms with Crippen LogP contribution in [0.25, 0.3) is 0 Å². The second kappa shape index (κ2) is 5.88. The minimum Gasteiger partial charge on any atom is -0.495 e. The van der Waals surface area contributed by atoms with Crippen LogP contribution in [0.4, 0.5) is 0 Å². The van der Waals surface area contributed by atoms with Crippen LogP contribution in [0.5, 0.6) is 5.75 Å². The van der Waals surface area contributed by atoms with Gasteiger partial charge in [-0.25, -0.2) is 0 Å². The van der Waals surface area contributed by atoms with Gasteiger partial charge in [-0.1, -0.05) is 26.8 Å². The molecule has 0 saturated carbocycles. The molecule has 0 radical (unpaired) electrons. The molecule has 0 fully saturated rings. The van der Waals surface area contributed by atoms with E-state index in [9.17, 15) is 0 Å². The Kier molecular flexibility index (Phi) is 4.75. The lowest BCUT2D eigenvalue weighted by molar-refractivity contribution is 0.220. The zero-order valence-corrected chi connectivity index (χ0v) is 11.9. The van der Waals surface area contributed by atoms with Gasteiger partial charge in [-0.15, -0.1) is 0 Å². The van der Waals surface area contributed by atoms with Crippen LogP contribution in [-0.2, 0) is 6.54 Å². The number of hydrogen-bond donors (Lipinski definition) is 0. The minimum absolute atomic E-state index is 0.283. The number of nitrogens with zero attached hydrogens (tertiary/aromatic N) is 2. The highest BCUT2D eigenvalue weighted by molar-refractivity contribution is 5.45. The molecule has 0 amide bonds. The summed E-state index contributed by atoms with van der Waals surface area (Å²) >= 11 is 0. The summed E-state index contributed by atoms with van der Waals surface area (Å²) in [6.07, 6.45) is 0. The monoisotopic (exact) mass is 246 g/mol. The van der Waals surface area contributed by atoms with Crippen LogP contribution in [0.3, 0.4) is 0 Å². The molecule has 1 rings (SSSR count). The lowest BCUT2D eigenvalue weighted by atomic mass is 9.96. The number of benzene rings is 1. The molecule has 0 bridgehead atoms. The standard InChI is InChI=1S/C15H22N2O/c1-15(2,3)11-17(4)10-12-6-7-13(9-16)14(8-12)18-5/h6-8H,10-11H2,1-5H3. The van der Waals surface area contributed by atoms with Gasteiger partial charge in [0.05, 0.1) is 12.7 Å². The Morgan fingerprint density at radius 1 is 1.33 bits per heavy atom. The second-order valence-corrected chi connectivity index (χ2v) is 5.88. The van der Waals surface area contributed by atoms with Crippen LogP contribution < -0.4 is 4.74 Å². The molecular weight excluding hydrogens is 224 g/mol.